The molecule has 0 saturated heterocycles. The van der Waals surface area contributed by atoms with Gasteiger partial charge in [-0.15, -0.1) is 5.10 Å². The molecule has 0 spiro atoms. The van der Waals surface area contributed by atoms with Crippen molar-refractivity contribution in [1.29, 1.82) is 0 Å². The third-order valence-corrected chi connectivity index (χ3v) is 4.86. The van der Waals surface area contributed by atoms with Crippen molar-refractivity contribution in [3.05, 3.63) is 65.4 Å². The van der Waals surface area contributed by atoms with Crippen molar-refractivity contribution in [2.45, 2.75) is 34.2 Å². The summed E-state index contributed by atoms with van der Waals surface area (Å²) in [4.78, 5) is 6.87. The Morgan fingerprint density at radius 3 is 2.46 bits per heavy atom. The van der Waals surface area contributed by atoms with Gasteiger partial charge in [0.25, 0.3) is 0 Å². The zero-order valence-corrected chi connectivity index (χ0v) is 17.0. The first-order chi connectivity index (χ1) is 13.6. The van der Waals surface area contributed by atoms with Crippen LogP contribution in [0.1, 0.15) is 30.5 Å². The minimum Gasteiger partial charge on any atom is -0.372 e. The van der Waals surface area contributed by atoms with Crippen LogP contribution in [0.25, 0.3) is 0 Å². The lowest BCUT2D eigenvalue weighted by Crippen LogP contribution is -2.21. The summed E-state index contributed by atoms with van der Waals surface area (Å²) in [5.74, 6) is 1.17. The second-order valence-corrected chi connectivity index (χ2v) is 6.74. The molecule has 28 heavy (non-hydrogen) atoms. The third kappa shape index (κ3) is 4.76. The fourth-order valence-electron chi connectivity index (χ4n) is 3.13. The van der Waals surface area contributed by atoms with Gasteiger partial charge < -0.3 is 15.5 Å². The molecule has 0 amide bonds. The van der Waals surface area contributed by atoms with Crippen molar-refractivity contribution in [2.24, 2.45) is 0 Å². The van der Waals surface area contributed by atoms with Crippen LogP contribution in [-0.2, 0) is 6.54 Å². The molecule has 0 aliphatic carbocycles. The first-order valence-corrected chi connectivity index (χ1v) is 9.71. The summed E-state index contributed by atoms with van der Waals surface area (Å²) in [6.45, 7) is 11.2. The molecular weight excluding hydrogens is 348 g/mol. The molecular formula is C22H28N6. The first kappa shape index (κ1) is 19.6. The zero-order chi connectivity index (χ0) is 19.9. The monoisotopic (exact) mass is 376 g/mol. The maximum absolute atomic E-state index is 4.54. The van der Waals surface area contributed by atoms with Crippen molar-refractivity contribution >= 4 is 23.1 Å². The average molecular weight is 377 g/mol. The van der Waals surface area contributed by atoms with E-state index in [0.717, 1.165) is 24.3 Å². The summed E-state index contributed by atoms with van der Waals surface area (Å²) in [6, 6.07) is 14.7. The minimum atomic E-state index is 0.505. The fraction of sp³-hybridized carbons (Fsp3) is 0.318. The maximum atomic E-state index is 4.54. The van der Waals surface area contributed by atoms with Crippen LogP contribution in [0.4, 0.5) is 23.1 Å². The van der Waals surface area contributed by atoms with E-state index in [1.165, 1.54) is 16.8 Å². The molecule has 146 valence electrons. The third-order valence-electron chi connectivity index (χ3n) is 4.86. The first-order valence-electron chi connectivity index (χ1n) is 9.71. The van der Waals surface area contributed by atoms with Crippen LogP contribution in [0, 0.1) is 13.8 Å². The van der Waals surface area contributed by atoms with E-state index in [9.17, 15) is 0 Å². The van der Waals surface area contributed by atoms with Gasteiger partial charge in [0.05, 0.1) is 6.20 Å². The number of nitrogens with one attached hydrogen (secondary N) is 2. The average Bonchev–Trinajstić information content (AvgIpc) is 2.71. The molecule has 0 fully saturated rings. The molecule has 0 aliphatic heterocycles. The van der Waals surface area contributed by atoms with Gasteiger partial charge in [-0.2, -0.15) is 10.1 Å². The van der Waals surface area contributed by atoms with E-state index >= 15 is 0 Å². The molecule has 0 aliphatic rings. The Bertz CT molecular complexity index is 920. The van der Waals surface area contributed by atoms with Crippen molar-refractivity contribution in [3.63, 3.8) is 0 Å². The molecule has 2 aromatic carbocycles. The molecule has 0 unspecified atom stereocenters. The largest absolute Gasteiger partial charge is 0.372 e. The Morgan fingerprint density at radius 1 is 0.964 bits per heavy atom. The number of hydrogen-bond acceptors (Lipinski definition) is 6. The van der Waals surface area contributed by atoms with Gasteiger partial charge in [-0.1, -0.05) is 24.3 Å². The van der Waals surface area contributed by atoms with Gasteiger partial charge in [0.1, 0.15) is 0 Å². The molecule has 1 aromatic heterocycles. The maximum Gasteiger partial charge on any atom is 0.244 e. The van der Waals surface area contributed by atoms with Crippen molar-refractivity contribution in [3.8, 4) is 0 Å². The number of aryl methyl sites for hydroxylation is 2. The molecule has 6 heteroatoms. The Morgan fingerprint density at radius 2 is 1.75 bits per heavy atom. The number of hydrogen-bond donors (Lipinski definition) is 2. The van der Waals surface area contributed by atoms with Crippen LogP contribution in [0.2, 0.25) is 0 Å². The van der Waals surface area contributed by atoms with E-state index < -0.39 is 0 Å². The number of benzene rings is 2. The van der Waals surface area contributed by atoms with Crippen molar-refractivity contribution in [1.82, 2.24) is 15.2 Å². The van der Waals surface area contributed by atoms with Crippen LogP contribution >= 0.6 is 0 Å². The fourth-order valence-corrected chi connectivity index (χ4v) is 3.13. The molecule has 0 atom stereocenters. The normalized spacial score (nSPS) is 10.6. The van der Waals surface area contributed by atoms with Crippen molar-refractivity contribution < 1.29 is 0 Å². The summed E-state index contributed by atoms with van der Waals surface area (Å²) in [5.41, 5.74) is 5.86. The SMILES string of the molecule is CCN(CC)c1ccc(Nc2cnnc(NCc3ccccc3C)n2)c(C)c1. The highest BCUT2D eigenvalue weighted by atomic mass is 15.3. The molecule has 6 nitrogen and oxygen atoms in total. The van der Waals surface area contributed by atoms with Gasteiger partial charge in [0, 0.05) is 31.0 Å². The highest BCUT2D eigenvalue weighted by Gasteiger charge is 2.07. The van der Waals surface area contributed by atoms with Gasteiger partial charge in [0.15, 0.2) is 5.82 Å². The Balaban J connectivity index is 1.70. The van der Waals surface area contributed by atoms with Gasteiger partial charge in [-0.3, -0.25) is 0 Å². The van der Waals surface area contributed by atoms with Gasteiger partial charge in [0.2, 0.25) is 5.95 Å². The van der Waals surface area contributed by atoms with E-state index in [1.807, 2.05) is 12.1 Å². The molecule has 0 radical (unpaired) electrons. The lowest BCUT2D eigenvalue weighted by molar-refractivity contribution is 0.866. The quantitative estimate of drug-likeness (QED) is 0.594. The topological polar surface area (TPSA) is 66.0 Å². The Hall–Kier alpha value is -3.15. The summed E-state index contributed by atoms with van der Waals surface area (Å²) in [7, 11) is 0. The van der Waals surface area contributed by atoms with Crippen molar-refractivity contribution in [2.75, 3.05) is 28.6 Å². The molecule has 1 heterocycles. The van der Waals surface area contributed by atoms with E-state index in [4.69, 9.17) is 0 Å². The summed E-state index contributed by atoms with van der Waals surface area (Å²) in [5, 5.41) is 14.8. The molecule has 3 rings (SSSR count). The highest BCUT2D eigenvalue weighted by Crippen LogP contribution is 2.25. The summed E-state index contributed by atoms with van der Waals surface area (Å²) < 4.78 is 0. The molecule has 0 bridgehead atoms. The van der Waals surface area contributed by atoms with Crippen LogP contribution < -0.4 is 15.5 Å². The molecule has 0 saturated carbocycles. The lowest BCUT2D eigenvalue weighted by atomic mass is 10.1. The molecule has 3 aromatic rings. The van der Waals surface area contributed by atoms with E-state index in [0.29, 0.717) is 18.3 Å². The van der Waals surface area contributed by atoms with Gasteiger partial charge >= 0.3 is 0 Å². The molecule has 2 N–H and O–H groups in total. The summed E-state index contributed by atoms with van der Waals surface area (Å²) in [6.07, 6.45) is 1.64. The smallest absolute Gasteiger partial charge is 0.244 e. The van der Waals surface area contributed by atoms with Crippen LogP contribution in [0.15, 0.2) is 48.7 Å². The summed E-state index contributed by atoms with van der Waals surface area (Å²) >= 11 is 0. The Kier molecular flexibility index (Phi) is 6.42. The predicted molar refractivity (Wildman–Crippen MR) is 116 cm³/mol. The number of nitrogens with zero attached hydrogens (tertiary/aromatic N) is 4. The van der Waals surface area contributed by atoms with Crippen LogP contribution in [-0.4, -0.2) is 28.3 Å². The van der Waals surface area contributed by atoms with E-state index in [-0.39, 0.29) is 0 Å². The minimum absolute atomic E-state index is 0.505. The predicted octanol–water partition coefficient (Wildman–Crippen LogP) is 4.69. The van der Waals surface area contributed by atoms with Crippen LogP contribution in [0.3, 0.4) is 0 Å². The van der Waals surface area contributed by atoms with Gasteiger partial charge in [-0.05, 0) is 62.6 Å². The lowest BCUT2D eigenvalue weighted by Gasteiger charge is -2.22. The van der Waals surface area contributed by atoms with E-state index in [1.54, 1.807) is 6.20 Å². The Labute approximate surface area is 167 Å². The zero-order valence-electron chi connectivity index (χ0n) is 17.0. The highest BCUT2D eigenvalue weighted by molar-refractivity contribution is 5.65. The second kappa shape index (κ2) is 9.17. The number of aromatic nitrogens is 3. The van der Waals surface area contributed by atoms with Crippen LogP contribution in [0.5, 0.6) is 0 Å². The number of anilines is 4. The second-order valence-electron chi connectivity index (χ2n) is 6.74. The number of rotatable bonds is 8. The van der Waals surface area contributed by atoms with Gasteiger partial charge in [-0.25, -0.2) is 0 Å². The van der Waals surface area contributed by atoms with E-state index in [2.05, 4.69) is 88.7 Å². The standard InChI is InChI=1S/C22H28N6/c1-5-28(6-2)19-11-12-20(17(4)13-19)25-21-15-24-27-22(26-21)23-14-18-10-8-7-9-16(18)3/h7-13,15H,5-6,14H2,1-4H3,(H2,23,25,26,27).